The van der Waals surface area contributed by atoms with Crippen molar-refractivity contribution in [2.75, 3.05) is 58.3 Å². The van der Waals surface area contributed by atoms with Crippen molar-refractivity contribution in [2.45, 2.75) is 96.3 Å². The highest BCUT2D eigenvalue weighted by atomic mass is 19.3. The number of likely N-dealkylation sites (N-methyl/N-ethyl adjacent to an activating group) is 2. The Bertz CT molecular complexity index is 2410. The highest BCUT2D eigenvalue weighted by molar-refractivity contribution is 6.09. The van der Waals surface area contributed by atoms with Crippen LogP contribution in [-0.2, 0) is 45.7 Å². The molecule has 0 radical (unpaired) electrons. The van der Waals surface area contributed by atoms with Gasteiger partial charge in [-0.2, -0.15) is 5.10 Å². The van der Waals surface area contributed by atoms with Crippen LogP contribution in [0.1, 0.15) is 108 Å². The summed E-state index contributed by atoms with van der Waals surface area (Å²) in [5.41, 5.74) is 6.19. The molecule has 352 valence electrons. The molecule has 5 heterocycles. The molecule has 0 spiro atoms. The Morgan fingerprint density at radius 1 is 0.970 bits per heavy atom. The number of nitrogens with zero attached hydrogens (tertiary/aromatic N) is 7. The second-order valence-corrected chi connectivity index (χ2v) is 17.8. The van der Waals surface area contributed by atoms with E-state index in [0.29, 0.717) is 119 Å². The number of piperidine rings is 1. The summed E-state index contributed by atoms with van der Waals surface area (Å²) in [5, 5.41) is 20.0. The third-order valence-electron chi connectivity index (χ3n) is 13.5. The minimum absolute atomic E-state index is 0.0406. The Labute approximate surface area is 383 Å². The summed E-state index contributed by atoms with van der Waals surface area (Å²) in [6.45, 7) is 5.60. The van der Waals surface area contributed by atoms with Crippen LogP contribution in [-0.4, -0.2) is 137 Å². The quantitative estimate of drug-likeness (QED) is 0.104. The van der Waals surface area contributed by atoms with E-state index in [1.165, 1.54) is 32.0 Å². The van der Waals surface area contributed by atoms with Crippen LogP contribution in [0.3, 0.4) is 0 Å². The molecular weight excluding hydrogens is 851 g/mol. The number of halogens is 2. The number of carbonyl (C=O) groups excluding carboxylic acids is 6. The average Bonchev–Trinajstić information content (AvgIpc) is 3.95. The van der Waals surface area contributed by atoms with E-state index in [1.54, 1.807) is 41.2 Å². The van der Waals surface area contributed by atoms with Gasteiger partial charge in [-0.3, -0.25) is 39.0 Å². The molecule has 1 saturated heterocycles. The van der Waals surface area contributed by atoms with Gasteiger partial charge >= 0.3 is 0 Å². The van der Waals surface area contributed by atoms with Crippen LogP contribution in [0, 0.1) is 5.41 Å². The van der Waals surface area contributed by atoms with E-state index in [2.05, 4.69) is 20.6 Å². The number of aromatic nitrogens is 2. The maximum Gasteiger partial charge on any atom is 0.264 e. The number of hydrogen-bond acceptors (Lipinski definition) is 10. The number of likely N-dealkylation sites (tertiary alicyclic amines) is 1. The van der Waals surface area contributed by atoms with E-state index in [4.69, 9.17) is 0 Å². The summed E-state index contributed by atoms with van der Waals surface area (Å²) in [5.74, 6) is -0.718. The standard InChI is InChI=1S/C48H60F2N10O6/c1-30(63)59-18-13-41(40(28-59)46(51)60-15-5-8-31-21-37(35-24-53-55(3)25-35)39(45(49)50)23-43(31)60)54-36-11-16-58(17-12-36)44(64)10-6-14-57-26-32-20-34(29-62)38(22-33(32)27-57)48(66)56(4)42(9-7-19-61)47(65)52-2/h19-25,29,36,42,45,51,54H,5-18,26-28H2,1-4H3,(H,52,65). The number of aryl methyl sites for hydroxylation is 2. The van der Waals surface area contributed by atoms with Gasteiger partial charge in [0.15, 0.2) is 6.29 Å². The normalized spacial score (nSPS) is 17.0. The Kier molecular flexibility index (Phi) is 15.1. The van der Waals surface area contributed by atoms with Crippen LogP contribution in [0.2, 0.25) is 0 Å². The number of rotatable bonds is 16. The number of alkyl halides is 2. The molecule has 1 atom stereocenters. The third kappa shape index (κ3) is 10.4. The maximum absolute atomic E-state index is 14.6. The van der Waals surface area contributed by atoms with Crippen LogP contribution in [0.5, 0.6) is 0 Å². The highest BCUT2D eigenvalue weighted by Gasteiger charge is 2.34. The molecule has 3 N–H and O–H groups in total. The Hall–Kier alpha value is -6.30. The van der Waals surface area contributed by atoms with E-state index in [-0.39, 0.29) is 59.8 Å². The topological polar surface area (TPSA) is 184 Å². The second-order valence-electron chi connectivity index (χ2n) is 17.8. The number of amidine groups is 1. The zero-order valence-corrected chi connectivity index (χ0v) is 38.2. The van der Waals surface area contributed by atoms with Gasteiger partial charge in [0.25, 0.3) is 12.3 Å². The molecule has 3 aromatic rings. The zero-order chi connectivity index (χ0) is 47.2. The molecule has 1 aromatic heterocycles. The van der Waals surface area contributed by atoms with Crippen molar-refractivity contribution >= 4 is 47.7 Å². The van der Waals surface area contributed by atoms with E-state index in [1.807, 2.05) is 15.9 Å². The maximum atomic E-state index is 14.6. The number of hydrogen-bond donors (Lipinski definition) is 3. The molecule has 0 bridgehead atoms. The van der Waals surface area contributed by atoms with Crippen molar-refractivity contribution < 1.29 is 37.5 Å². The first-order valence-electron chi connectivity index (χ1n) is 22.8. The van der Waals surface area contributed by atoms with Gasteiger partial charge in [-0.1, -0.05) is 0 Å². The van der Waals surface area contributed by atoms with Crippen LogP contribution in [0.15, 0.2) is 47.9 Å². The number of benzene rings is 2. The molecule has 4 amide bonds. The molecule has 1 fully saturated rings. The van der Waals surface area contributed by atoms with Crippen molar-refractivity contribution in [3.05, 3.63) is 81.3 Å². The summed E-state index contributed by atoms with van der Waals surface area (Å²) < 4.78 is 30.8. The van der Waals surface area contributed by atoms with Crippen molar-refractivity contribution in [3.8, 4) is 11.1 Å². The molecule has 0 saturated carbocycles. The number of fused-ring (bicyclic) bond motifs is 2. The van der Waals surface area contributed by atoms with E-state index in [0.717, 1.165) is 28.8 Å². The highest BCUT2D eigenvalue weighted by Crippen LogP contribution is 2.40. The van der Waals surface area contributed by atoms with Gasteiger partial charge in [0.2, 0.25) is 17.7 Å². The van der Waals surface area contributed by atoms with Gasteiger partial charge in [-0.15, -0.1) is 0 Å². The van der Waals surface area contributed by atoms with Crippen molar-refractivity contribution in [1.82, 2.24) is 40.0 Å². The van der Waals surface area contributed by atoms with Crippen molar-refractivity contribution in [3.63, 3.8) is 0 Å². The molecule has 4 aliphatic heterocycles. The van der Waals surface area contributed by atoms with E-state index < -0.39 is 24.3 Å². The lowest BCUT2D eigenvalue weighted by molar-refractivity contribution is -0.132. The fourth-order valence-electron chi connectivity index (χ4n) is 9.78. The second kappa shape index (κ2) is 20.9. The molecule has 0 aliphatic carbocycles. The molecule has 18 heteroatoms. The number of nitrogens with one attached hydrogen (secondary N) is 3. The Morgan fingerprint density at radius 3 is 2.36 bits per heavy atom. The molecule has 1 unspecified atom stereocenters. The average molecular weight is 911 g/mol. The summed E-state index contributed by atoms with van der Waals surface area (Å²) in [4.78, 5) is 84.2. The molecule has 7 rings (SSSR count). The fourth-order valence-corrected chi connectivity index (χ4v) is 9.78. The van der Waals surface area contributed by atoms with Crippen molar-refractivity contribution in [2.24, 2.45) is 7.05 Å². The number of carbonyl (C=O) groups is 6. The van der Waals surface area contributed by atoms with Gasteiger partial charge in [0, 0.05) is 132 Å². The Balaban J connectivity index is 0.949. The predicted octanol–water partition coefficient (Wildman–Crippen LogP) is 4.62. The summed E-state index contributed by atoms with van der Waals surface area (Å²) in [7, 11) is 4.70. The minimum atomic E-state index is -2.73. The van der Waals surface area contributed by atoms with Gasteiger partial charge < -0.3 is 35.0 Å². The van der Waals surface area contributed by atoms with Crippen LogP contribution in [0.25, 0.3) is 11.1 Å². The van der Waals surface area contributed by atoms with Crippen LogP contribution >= 0.6 is 0 Å². The molecule has 66 heavy (non-hydrogen) atoms. The fraction of sp³-hybridized carbons (Fsp3) is 0.500. The third-order valence-corrected chi connectivity index (χ3v) is 13.5. The summed E-state index contributed by atoms with van der Waals surface area (Å²) >= 11 is 0. The number of aldehydes is 2. The van der Waals surface area contributed by atoms with Crippen molar-refractivity contribution in [1.29, 1.82) is 5.41 Å². The zero-order valence-electron chi connectivity index (χ0n) is 38.2. The smallest absolute Gasteiger partial charge is 0.264 e. The van der Waals surface area contributed by atoms with Crippen LogP contribution in [0.4, 0.5) is 14.5 Å². The monoisotopic (exact) mass is 910 g/mol. The largest absolute Gasteiger partial charge is 0.385 e. The lowest BCUT2D eigenvalue weighted by Crippen LogP contribution is -2.48. The molecule has 2 aromatic carbocycles. The van der Waals surface area contributed by atoms with Gasteiger partial charge in [-0.25, -0.2) is 8.78 Å². The lowest BCUT2D eigenvalue weighted by atomic mass is 9.92. The van der Waals surface area contributed by atoms with Crippen LogP contribution < -0.4 is 15.5 Å². The number of amides is 4. The first kappa shape index (κ1) is 47.7. The van der Waals surface area contributed by atoms with E-state index >= 15 is 0 Å². The first-order valence-corrected chi connectivity index (χ1v) is 22.8. The number of anilines is 1. The summed E-state index contributed by atoms with van der Waals surface area (Å²) in [6, 6.07) is 5.94. The van der Waals surface area contributed by atoms with E-state index in [9.17, 15) is 43.0 Å². The molecular formula is C48H60F2N10O6. The molecule has 16 nitrogen and oxygen atoms in total. The van der Waals surface area contributed by atoms with Gasteiger partial charge in [0.1, 0.15) is 18.2 Å². The Morgan fingerprint density at radius 2 is 1.71 bits per heavy atom. The summed E-state index contributed by atoms with van der Waals surface area (Å²) in [6.07, 6.45) is 6.50. The van der Waals surface area contributed by atoms with Gasteiger partial charge in [-0.05, 0) is 91.6 Å². The van der Waals surface area contributed by atoms with Gasteiger partial charge in [0.05, 0.1) is 18.3 Å². The molecule has 4 aliphatic rings. The SMILES string of the molecule is CNC(=O)C(CCC=O)N(C)C(=O)c1cc2c(cc1C=O)CN(CCCC(=O)N1CCC(NC3=C(C(=N)N4CCCc5cc(-c6cnn(C)c6)c(C(F)F)cc54)CN(C(C)=O)CC3)CC1)C2. The minimum Gasteiger partial charge on any atom is -0.385 e. The first-order chi connectivity index (χ1) is 31.7. The lowest BCUT2D eigenvalue weighted by Gasteiger charge is -2.39. The predicted molar refractivity (Wildman–Crippen MR) is 244 cm³/mol.